The van der Waals surface area contributed by atoms with E-state index in [1.165, 1.54) is 19.8 Å². The van der Waals surface area contributed by atoms with Gasteiger partial charge in [-0.05, 0) is 81.7 Å². The Morgan fingerprint density at radius 3 is 2.62 bits per heavy atom. The highest BCUT2D eigenvalue weighted by Gasteiger charge is 2.34. The Morgan fingerprint density at radius 1 is 1.12 bits per heavy atom. The van der Waals surface area contributed by atoms with E-state index >= 15 is 0 Å². The Bertz CT molecular complexity index is 1700. The highest BCUT2D eigenvalue weighted by Crippen LogP contribution is 2.45. The number of rotatable bonds is 8. The van der Waals surface area contributed by atoms with Crippen LogP contribution in [0.3, 0.4) is 0 Å². The van der Waals surface area contributed by atoms with E-state index < -0.39 is 0 Å². The summed E-state index contributed by atoms with van der Waals surface area (Å²) in [7, 11) is 1.66. The number of amides is 2. The molecule has 2 amide bonds. The number of hydrogen-bond donors (Lipinski definition) is 2. The van der Waals surface area contributed by atoms with E-state index in [0.29, 0.717) is 36.4 Å². The number of hydrogen-bond acceptors (Lipinski definition) is 6. The molecule has 3 aromatic heterocycles. The molecule has 3 aliphatic rings. The second-order valence-corrected chi connectivity index (χ2v) is 12.4. The molecule has 42 heavy (non-hydrogen) atoms. The number of piperidine rings is 1. The first-order valence-corrected chi connectivity index (χ1v) is 15.2. The van der Waals surface area contributed by atoms with Crippen LogP contribution in [0.2, 0.25) is 0 Å². The minimum Gasteiger partial charge on any atom is -0.494 e. The molecular formula is C32H39N7O3. The van der Waals surface area contributed by atoms with Crippen molar-refractivity contribution in [3.8, 4) is 17.3 Å². The first kappa shape index (κ1) is 26.9. The Labute approximate surface area is 245 Å². The first-order valence-electron chi connectivity index (χ1n) is 15.2. The van der Waals surface area contributed by atoms with Gasteiger partial charge in [0.2, 0.25) is 5.91 Å². The zero-order valence-corrected chi connectivity index (χ0v) is 24.6. The van der Waals surface area contributed by atoms with Crippen molar-refractivity contribution >= 4 is 33.9 Å². The third kappa shape index (κ3) is 4.91. The minimum absolute atomic E-state index is 0.0118. The lowest BCUT2D eigenvalue weighted by molar-refractivity contribution is -0.119. The number of methoxy groups -OCH3 is 1. The summed E-state index contributed by atoms with van der Waals surface area (Å²) in [4.78, 5) is 37.4. The maximum absolute atomic E-state index is 13.6. The number of pyridine rings is 1. The average molecular weight is 570 g/mol. The van der Waals surface area contributed by atoms with Crippen LogP contribution in [-0.4, -0.2) is 62.1 Å². The van der Waals surface area contributed by atoms with Gasteiger partial charge in [-0.2, -0.15) is 0 Å². The Hall–Kier alpha value is -3.92. The quantitative estimate of drug-likeness (QED) is 0.321. The van der Waals surface area contributed by atoms with Gasteiger partial charge in [0.25, 0.3) is 5.91 Å². The predicted molar refractivity (Wildman–Crippen MR) is 161 cm³/mol. The number of likely N-dealkylation sites (tertiary alicyclic amines) is 1. The number of nitrogens with two attached hydrogens (primary N) is 1. The average Bonchev–Trinajstić information content (AvgIpc) is 3.91. The van der Waals surface area contributed by atoms with Gasteiger partial charge in [-0.25, -0.2) is 9.97 Å². The molecule has 0 bridgehead atoms. The molecule has 1 saturated heterocycles. The normalized spacial score (nSPS) is 19.8. The zero-order chi connectivity index (χ0) is 29.1. The van der Waals surface area contributed by atoms with E-state index in [2.05, 4.69) is 26.6 Å². The maximum Gasteiger partial charge on any atom is 0.254 e. The van der Waals surface area contributed by atoms with Crippen molar-refractivity contribution in [2.75, 3.05) is 20.2 Å². The van der Waals surface area contributed by atoms with Crippen molar-refractivity contribution in [2.45, 2.75) is 77.0 Å². The number of nitrogens with zero attached hydrogens (tertiary/aromatic N) is 5. The summed E-state index contributed by atoms with van der Waals surface area (Å²) in [6, 6.07) is 10.2. The second kappa shape index (κ2) is 10.4. The monoisotopic (exact) mass is 569 g/mol. The first-order chi connectivity index (χ1) is 20.3. The van der Waals surface area contributed by atoms with Gasteiger partial charge in [-0.3, -0.25) is 9.59 Å². The molecule has 1 aliphatic heterocycles. The number of imidazole rings is 1. The summed E-state index contributed by atoms with van der Waals surface area (Å²) in [5.41, 5.74) is 11.2. The maximum atomic E-state index is 13.6. The topological polar surface area (TPSA) is 120 Å². The molecular weight excluding hydrogens is 530 g/mol. The number of fused-ring (bicyclic) bond motifs is 2. The van der Waals surface area contributed by atoms with Crippen LogP contribution >= 0.6 is 0 Å². The van der Waals surface area contributed by atoms with E-state index in [9.17, 15) is 9.59 Å². The van der Waals surface area contributed by atoms with E-state index in [4.69, 9.17) is 20.4 Å². The Morgan fingerprint density at radius 2 is 1.93 bits per heavy atom. The summed E-state index contributed by atoms with van der Waals surface area (Å²) >= 11 is 0. The molecule has 7 rings (SSSR count). The lowest BCUT2D eigenvalue weighted by Crippen LogP contribution is -2.45. The standard InChI is InChI=1S/C32H39N7O3/c1-18(34-19(2)40)25-11-8-21-14-27(38(30(21)35-25)16-20-6-7-20)31-36-26-13-22(32(41)37-12-4-5-23(33)17-37)15-28(42-3)29(26)39(31)24-9-10-24/h8,11,13-15,18,20,23-24H,4-7,9-10,12,16-17,33H2,1-3H3,(H,34,40)/t18-,23-/m1/s1. The number of nitrogens with one attached hydrogen (secondary N) is 1. The van der Waals surface area contributed by atoms with Gasteiger partial charge in [-0.15, -0.1) is 0 Å². The molecule has 1 aromatic carbocycles. The predicted octanol–water partition coefficient (Wildman–Crippen LogP) is 4.57. The molecule has 0 radical (unpaired) electrons. The minimum atomic E-state index is -0.190. The molecule has 2 atom stereocenters. The summed E-state index contributed by atoms with van der Waals surface area (Å²) in [6.07, 6.45) is 6.43. The van der Waals surface area contributed by atoms with E-state index in [-0.39, 0.29) is 23.9 Å². The fourth-order valence-corrected chi connectivity index (χ4v) is 6.41. The van der Waals surface area contributed by atoms with Crippen LogP contribution in [0.1, 0.15) is 80.5 Å². The molecule has 10 nitrogen and oxygen atoms in total. The lowest BCUT2D eigenvalue weighted by atomic mass is 10.0. The lowest BCUT2D eigenvalue weighted by Gasteiger charge is -2.30. The number of aromatic nitrogens is 4. The largest absolute Gasteiger partial charge is 0.494 e. The van der Waals surface area contributed by atoms with Crippen molar-refractivity contribution in [1.29, 1.82) is 0 Å². The van der Waals surface area contributed by atoms with Crippen LogP contribution in [0, 0.1) is 5.92 Å². The number of benzene rings is 1. The van der Waals surface area contributed by atoms with Gasteiger partial charge in [0, 0.05) is 49.6 Å². The van der Waals surface area contributed by atoms with E-state index in [0.717, 1.165) is 71.5 Å². The number of ether oxygens (including phenoxy) is 1. The summed E-state index contributed by atoms with van der Waals surface area (Å²) in [5, 5.41) is 4.00. The third-order valence-electron chi connectivity index (χ3n) is 8.87. The van der Waals surface area contributed by atoms with Crippen LogP contribution < -0.4 is 15.8 Å². The fourth-order valence-electron chi connectivity index (χ4n) is 6.41. The molecule has 2 aliphatic carbocycles. The highest BCUT2D eigenvalue weighted by atomic mass is 16.5. The van der Waals surface area contributed by atoms with Crippen molar-refractivity contribution < 1.29 is 14.3 Å². The number of carbonyl (C=O) groups is 2. The van der Waals surface area contributed by atoms with Crippen molar-refractivity contribution in [2.24, 2.45) is 11.7 Å². The SMILES string of the molecule is COc1cc(C(=O)N2CCC[C@@H](N)C2)cc2nc(-c3cc4ccc([C@@H](C)NC(C)=O)nc4n3CC3CC3)n(C3CC3)c12. The van der Waals surface area contributed by atoms with Crippen LogP contribution in [0.15, 0.2) is 30.3 Å². The van der Waals surface area contributed by atoms with E-state index in [1.54, 1.807) is 7.11 Å². The van der Waals surface area contributed by atoms with Crippen molar-refractivity contribution in [3.63, 3.8) is 0 Å². The zero-order valence-electron chi connectivity index (χ0n) is 24.6. The summed E-state index contributed by atoms with van der Waals surface area (Å²) < 4.78 is 10.5. The van der Waals surface area contributed by atoms with Crippen LogP contribution in [-0.2, 0) is 11.3 Å². The Balaban J connectivity index is 1.37. The van der Waals surface area contributed by atoms with Crippen LogP contribution in [0.4, 0.5) is 0 Å². The van der Waals surface area contributed by atoms with Crippen molar-refractivity contribution in [1.82, 2.24) is 29.3 Å². The molecule has 220 valence electrons. The molecule has 3 N–H and O–H groups in total. The van der Waals surface area contributed by atoms with Gasteiger partial charge < -0.3 is 29.8 Å². The molecule has 3 fully saturated rings. The summed E-state index contributed by atoms with van der Waals surface area (Å²) in [6.45, 7) is 5.64. The van der Waals surface area contributed by atoms with Gasteiger partial charge in [0.15, 0.2) is 5.82 Å². The highest BCUT2D eigenvalue weighted by molar-refractivity contribution is 6.00. The van der Waals surface area contributed by atoms with Crippen LogP contribution in [0.5, 0.6) is 5.75 Å². The van der Waals surface area contributed by atoms with E-state index in [1.807, 2.05) is 30.0 Å². The van der Waals surface area contributed by atoms with Crippen molar-refractivity contribution in [3.05, 3.63) is 41.6 Å². The molecule has 0 spiro atoms. The molecule has 4 heterocycles. The van der Waals surface area contributed by atoms with Gasteiger partial charge in [0.1, 0.15) is 16.9 Å². The second-order valence-electron chi connectivity index (χ2n) is 12.4. The Kier molecular flexibility index (Phi) is 6.68. The fraction of sp³-hybridized carbons (Fsp3) is 0.500. The van der Waals surface area contributed by atoms with Gasteiger partial charge in [0.05, 0.1) is 30.1 Å². The summed E-state index contributed by atoms with van der Waals surface area (Å²) in [5.74, 6) is 2.06. The molecule has 0 unspecified atom stereocenters. The van der Waals surface area contributed by atoms with Gasteiger partial charge in [-0.1, -0.05) is 0 Å². The number of carbonyl (C=O) groups excluding carboxylic acids is 2. The molecule has 10 heteroatoms. The van der Waals surface area contributed by atoms with Crippen LogP contribution in [0.25, 0.3) is 33.6 Å². The van der Waals surface area contributed by atoms with Gasteiger partial charge >= 0.3 is 0 Å². The molecule has 2 saturated carbocycles. The smallest absolute Gasteiger partial charge is 0.254 e. The third-order valence-corrected chi connectivity index (χ3v) is 8.87. The molecule has 4 aromatic rings.